The number of pyridine rings is 1. The molecule has 1 aliphatic rings. The Hall–Kier alpha value is -1.90. The minimum absolute atomic E-state index is 0.415. The zero-order valence-corrected chi connectivity index (χ0v) is 10.7. The summed E-state index contributed by atoms with van der Waals surface area (Å²) < 4.78 is 7.42. The van der Waals surface area contributed by atoms with Gasteiger partial charge in [0.05, 0.1) is 24.1 Å². The Morgan fingerprint density at radius 3 is 3.26 bits per heavy atom. The highest BCUT2D eigenvalue weighted by molar-refractivity contribution is 5.44. The van der Waals surface area contributed by atoms with Crippen LogP contribution < -0.4 is 5.32 Å². The van der Waals surface area contributed by atoms with Gasteiger partial charge in [-0.3, -0.25) is 0 Å². The van der Waals surface area contributed by atoms with E-state index >= 15 is 0 Å². The molecule has 0 spiro atoms. The molecule has 0 saturated carbocycles. The van der Waals surface area contributed by atoms with Crippen LogP contribution in [0.5, 0.6) is 0 Å². The smallest absolute Gasteiger partial charge is 0.137 e. The molecule has 98 valence electrons. The topological polar surface area (TPSA) is 62.3 Å². The van der Waals surface area contributed by atoms with Crippen LogP contribution in [0.2, 0.25) is 0 Å². The van der Waals surface area contributed by atoms with Crippen molar-refractivity contribution in [1.82, 2.24) is 14.7 Å². The Labute approximate surface area is 111 Å². The van der Waals surface area contributed by atoms with Gasteiger partial charge in [0.2, 0.25) is 0 Å². The zero-order valence-electron chi connectivity index (χ0n) is 10.7. The van der Waals surface area contributed by atoms with Crippen molar-refractivity contribution >= 4 is 5.65 Å². The van der Waals surface area contributed by atoms with Crippen LogP contribution in [0.25, 0.3) is 5.65 Å². The van der Waals surface area contributed by atoms with E-state index in [2.05, 4.69) is 16.4 Å². The average Bonchev–Trinajstić information content (AvgIpc) is 2.88. The Morgan fingerprint density at radius 1 is 1.53 bits per heavy atom. The van der Waals surface area contributed by atoms with Gasteiger partial charge in [-0.25, -0.2) is 4.98 Å². The fourth-order valence-corrected chi connectivity index (χ4v) is 2.38. The summed E-state index contributed by atoms with van der Waals surface area (Å²) in [5.41, 5.74) is 2.58. The van der Waals surface area contributed by atoms with Crippen molar-refractivity contribution in [3.63, 3.8) is 0 Å². The second kappa shape index (κ2) is 5.39. The van der Waals surface area contributed by atoms with Gasteiger partial charge in [0.1, 0.15) is 11.7 Å². The minimum Gasteiger partial charge on any atom is -0.380 e. The lowest BCUT2D eigenvalue weighted by molar-refractivity contribution is 0.0698. The first-order valence-corrected chi connectivity index (χ1v) is 6.54. The van der Waals surface area contributed by atoms with Crippen molar-refractivity contribution in [2.24, 2.45) is 0 Å². The molecule has 0 bridgehead atoms. The van der Waals surface area contributed by atoms with E-state index < -0.39 is 0 Å². The minimum atomic E-state index is 0.415. The number of rotatable bonds is 3. The van der Waals surface area contributed by atoms with Crippen LogP contribution in [0.1, 0.15) is 24.1 Å². The van der Waals surface area contributed by atoms with Crippen molar-refractivity contribution in [1.29, 1.82) is 5.26 Å². The third kappa shape index (κ3) is 2.60. The molecule has 19 heavy (non-hydrogen) atoms. The second-order valence-electron chi connectivity index (χ2n) is 4.80. The molecule has 5 nitrogen and oxygen atoms in total. The lowest BCUT2D eigenvalue weighted by Gasteiger charge is -2.23. The quantitative estimate of drug-likeness (QED) is 0.903. The van der Waals surface area contributed by atoms with Crippen molar-refractivity contribution in [3.05, 3.63) is 35.8 Å². The van der Waals surface area contributed by atoms with Crippen molar-refractivity contribution < 1.29 is 4.74 Å². The number of fused-ring (bicyclic) bond motifs is 1. The Kier molecular flexibility index (Phi) is 3.45. The number of hydrogen-bond acceptors (Lipinski definition) is 4. The largest absolute Gasteiger partial charge is 0.380 e. The van der Waals surface area contributed by atoms with Crippen LogP contribution in [0, 0.1) is 11.3 Å². The van der Waals surface area contributed by atoms with E-state index in [4.69, 9.17) is 10.00 Å². The van der Waals surface area contributed by atoms with E-state index in [1.54, 1.807) is 6.07 Å². The predicted octanol–water partition coefficient (Wildman–Crippen LogP) is 1.47. The van der Waals surface area contributed by atoms with Gasteiger partial charge in [-0.05, 0) is 25.0 Å². The summed E-state index contributed by atoms with van der Waals surface area (Å²) in [5.74, 6) is 0. The molecule has 0 aliphatic carbocycles. The standard InChI is InChI=1S/C14H16N4O/c15-6-11-3-4-14-17-8-13(18(14)9-11)7-16-12-2-1-5-19-10-12/h3-4,8-9,12,16H,1-2,5,7,10H2. The van der Waals surface area contributed by atoms with E-state index in [9.17, 15) is 0 Å². The lowest BCUT2D eigenvalue weighted by atomic mass is 10.1. The van der Waals surface area contributed by atoms with Gasteiger partial charge in [0.15, 0.2) is 0 Å². The molecule has 2 aromatic rings. The molecule has 1 N–H and O–H groups in total. The first-order chi connectivity index (χ1) is 9.36. The first kappa shape index (κ1) is 12.2. The predicted molar refractivity (Wildman–Crippen MR) is 70.6 cm³/mol. The van der Waals surface area contributed by atoms with Gasteiger partial charge >= 0.3 is 0 Å². The maximum atomic E-state index is 8.94. The van der Waals surface area contributed by atoms with E-state index in [-0.39, 0.29) is 0 Å². The van der Waals surface area contributed by atoms with Gasteiger partial charge < -0.3 is 14.5 Å². The fourth-order valence-electron chi connectivity index (χ4n) is 2.38. The van der Waals surface area contributed by atoms with Gasteiger partial charge in [-0.2, -0.15) is 5.26 Å². The van der Waals surface area contributed by atoms with Crippen molar-refractivity contribution in [3.8, 4) is 6.07 Å². The van der Waals surface area contributed by atoms with Crippen LogP contribution >= 0.6 is 0 Å². The third-order valence-electron chi connectivity index (χ3n) is 3.44. The number of ether oxygens (including phenoxy) is 1. The molecule has 1 fully saturated rings. The lowest BCUT2D eigenvalue weighted by Crippen LogP contribution is -2.36. The highest BCUT2D eigenvalue weighted by Gasteiger charge is 2.13. The number of aromatic nitrogens is 2. The molecule has 1 atom stereocenters. The number of nitriles is 1. The van der Waals surface area contributed by atoms with Crippen molar-refractivity contribution in [2.75, 3.05) is 13.2 Å². The average molecular weight is 256 g/mol. The Bertz CT molecular complexity index is 607. The van der Waals surface area contributed by atoms with Crippen LogP contribution in [0.3, 0.4) is 0 Å². The van der Waals surface area contributed by atoms with Crippen molar-refractivity contribution in [2.45, 2.75) is 25.4 Å². The maximum Gasteiger partial charge on any atom is 0.137 e. The fraction of sp³-hybridized carbons (Fsp3) is 0.429. The Balaban J connectivity index is 1.75. The summed E-state index contributed by atoms with van der Waals surface area (Å²) >= 11 is 0. The molecule has 2 aromatic heterocycles. The highest BCUT2D eigenvalue weighted by Crippen LogP contribution is 2.11. The monoisotopic (exact) mass is 256 g/mol. The normalized spacial score (nSPS) is 19.4. The second-order valence-corrected chi connectivity index (χ2v) is 4.80. The number of nitrogens with one attached hydrogen (secondary N) is 1. The summed E-state index contributed by atoms with van der Waals surface area (Å²) in [7, 11) is 0. The van der Waals surface area contributed by atoms with Gasteiger partial charge in [-0.1, -0.05) is 0 Å². The molecule has 1 saturated heterocycles. The van der Waals surface area contributed by atoms with Gasteiger partial charge in [-0.15, -0.1) is 0 Å². The molecule has 3 rings (SSSR count). The van der Waals surface area contributed by atoms with E-state index in [1.807, 2.05) is 22.9 Å². The summed E-state index contributed by atoms with van der Waals surface area (Å²) in [6, 6.07) is 6.22. The van der Waals surface area contributed by atoms with E-state index in [0.29, 0.717) is 11.6 Å². The third-order valence-corrected chi connectivity index (χ3v) is 3.44. The molecule has 1 aliphatic heterocycles. The van der Waals surface area contributed by atoms with Crippen LogP contribution in [-0.4, -0.2) is 28.6 Å². The molecular weight excluding hydrogens is 240 g/mol. The Morgan fingerprint density at radius 2 is 2.47 bits per heavy atom. The first-order valence-electron chi connectivity index (χ1n) is 6.54. The maximum absolute atomic E-state index is 8.94. The number of hydrogen-bond donors (Lipinski definition) is 1. The molecule has 1 unspecified atom stereocenters. The summed E-state index contributed by atoms with van der Waals surface area (Å²) in [4.78, 5) is 4.34. The summed E-state index contributed by atoms with van der Waals surface area (Å²) in [6.07, 6.45) is 5.95. The van der Waals surface area contributed by atoms with Crippen LogP contribution in [0.4, 0.5) is 0 Å². The molecule has 0 radical (unpaired) electrons. The number of imidazole rings is 1. The van der Waals surface area contributed by atoms with E-state index in [0.717, 1.165) is 43.9 Å². The van der Waals surface area contributed by atoms with Gasteiger partial charge in [0.25, 0.3) is 0 Å². The molecular formula is C14H16N4O. The SMILES string of the molecule is N#Cc1ccc2ncc(CNC3CCCOC3)n2c1. The summed E-state index contributed by atoms with van der Waals surface area (Å²) in [5, 5.41) is 12.4. The number of nitrogens with zero attached hydrogens (tertiary/aromatic N) is 3. The molecule has 5 heteroatoms. The van der Waals surface area contributed by atoms with E-state index in [1.165, 1.54) is 0 Å². The van der Waals surface area contributed by atoms with Crippen LogP contribution in [-0.2, 0) is 11.3 Å². The summed E-state index contributed by atoms with van der Waals surface area (Å²) in [6.45, 7) is 2.39. The molecule has 0 aromatic carbocycles. The molecule has 0 amide bonds. The van der Waals surface area contributed by atoms with Crippen LogP contribution in [0.15, 0.2) is 24.5 Å². The molecule has 3 heterocycles. The zero-order chi connectivity index (χ0) is 13.1. The highest BCUT2D eigenvalue weighted by atomic mass is 16.5. The van der Waals surface area contributed by atoms with Gasteiger partial charge in [0, 0.05) is 25.4 Å².